The summed E-state index contributed by atoms with van der Waals surface area (Å²) in [6, 6.07) is -0.873. The van der Waals surface area contributed by atoms with E-state index in [1.54, 1.807) is 18.9 Å². The molecule has 0 aromatic heterocycles. The number of piperidine rings is 1. The molecule has 5 heteroatoms. The molecule has 5 nitrogen and oxygen atoms in total. The normalized spacial score (nSPS) is 24.5. The summed E-state index contributed by atoms with van der Waals surface area (Å²) in [5, 5.41) is 11.6. The van der Waals surface area contributed by atoms with E-state index in [2.05, 4.69) is 5.32 Å². The summed E-state index contributed by atoms with van der Waals surface area (Å²) in [6.07, 6.45) is 2.52. The number of carbonyl (C=O) groups excluding carboxylic acids is 1. The average Bonchev–Trinajstić information content (AvgIpc) is 2.27. The Labute approximate surface area is 89.4 Å². The number of carboxylic acid groups (broad SMARTS) is 1. The van der Waals surface area contributed by atoms with Gasteiger partial charge in [-0.3, -0.25) is 14.5 Å². The first-order valence-corrected chi connectivity index (χ1v) is 5.28. The van der Waals surface area contributed by atoms with E-state index in [0.29, 0.717) is 13.0 Å². The van der Waals surface area contributed by atoms with Gasteiger partial charge in [-0.15, -0.1) is 0 Å². The summed E-state index contributed by atoms with van der Waals surface area (Å²) < 4.78 is 0. The molecule has 0 aromatic carbocycles. The van der Waals surface area contributed by atoms with Crippen molar-refractivity contribution in [2.24, 2.45) is 0 Å². The number of likely N-dealkylation sites (N-methyl/N-ethyl adjacent to an activating group) is 1. The second-order valence-corrected chi connectivity index (χ2v) is 3.88. The van der Waals surface area contributed by atoms with Crippen LogP contribution in [-0.4, -0.2) is 47.6 Å². The van der Waals surface area contributed by atoms with Crippen LogP contribution in [0.15, 0.2) is 0 Å². The summed E-state index contributed by atoms with van der Waals surface area (Å²) in [5.74, 6) is -0.950. The van der Waals surface area contributed by atoms with Crippen molar-refractivity contribution in [1.82, 2.24) is 10.2 Å². The van der Waals surface area contributed by atoms with Crippen molar-refractivity contribution in [2.45, 2.75) is 38.3 Å². The number of nitrogens with zero attached hydrogens (tertiary/aromatic N) is 1. The van der Waals surface area contributed by atoms with Crippen molar-refractivity contribution in [2.75, 3.05) is 13.6 Å². The third-order valence-electron chi connectivity index (χ3n) is 2.95. The topological polar surface area (TPSA) is 69.6 Å². The molecule has 0 spiro atoms. The molecule has 1 heterocycles. The number of hydrogen-bond acceptors (Lipinski definition) is 3. The Morgan fingerprint density at radius 2 is 2.13 bits per heavy atom. The Morgan fingerprint density at radius 3 is 2.67 bits per heavy atom. The van der Waals surface area contributed by atoms with E-state index in [1.807, 2.05) is 0 Å². The van der Waals surface area contributed by atoms with Gasteiger partial charge in [0, 0.05) is 7.05 Å². The predicted octanol–water partition coefficient (Wildman–Crippen LogP) is 0.0600. The largest absolute Gasteiger partial charge is 0.480 e. The van der Waals surface area contributed by atoms with Crippen molar-refractivity contribution >= 4 is 11.9 Å². The molecule has 1 rings (SSSR count). The summed E-state index contributed by atoms with van der Waals surface area (Å²) in [6.45, 7) is 2.44. The summed E-state index contributed by atoms with van der Waals surface area (Å²) in [7, 11) is 1.57. The molecule has 0 aliphatic carbocycles. The van der Waals surface area contributed by atoms with Gasteiger partial charge >= 0.3 is 5.97 Å². The molecule has 2 atom stereocenters. The van der Waals surface area contributed by atoms with Crippen molar-refractivity contribution in [3.8, 4) is 0 Å². The molecule has 15 heavy (non-hydrogen) atoms. The van der Waals surface area contributed by atoms with Gasteiger partial charge in [0.05, 0.1) is 6.04 Å². The Bertz CT molecular complexity index is 255. The number of carboxylic acids is 1. The van der Waals surface area contributed by atoms with E-state index in [-0.39, 0.29) is 11.9 Å². The quantitative estimate of drug-likeness (QED) is 0.697. The molecule has 2 unspecified atom stereocenters. The molecular weight excluding hydrogens is 196 g/mol. The maximum absolute atomic E-state index is 11.4. The maximum atomic E-state index is 11.4. The zero-order valence-electron chi connectivity index (χ0n) is 9.19. The molecule has 2 N–H and O–H groups in total. The molecular formula is C10H18N2O3. The highest BCUT2D eigenvalue weighted by molar-refractivity contribution is 5.82. The van der Waals surface area contributed by atoms with Crippen molar-refractivity contribution in [3.05, 3.63) is 0 Å². The predicted molar refractivity (Wildman–Crippen MR) is 55.5 cm³/mol. The van der Waals surface area contributed by atoms with Crippen LogP contribution in [0.4, 0.5) is 0 Å². The Kier molecular flexibility index (Phi) is 4.08. The molecule has 0 saturated carbocycles. The lowest BCUT2D eigenvalue weighted by Crippen LogP contribution is -2.53. The van der Waals surface area contributed by atoms with Crippen molar-refractivity contribution < 1.29 is 14.7 Å². The molecule has 1 saturated heterocycles. The van der Waals surface area contributed by atoms with Gasteiger partial charge < -0.3 is 10.4 Å². The smallest absolute Gasteiger partial charge is 0.320 e. The van der Waals surface area contributed by atoms with Crippen LogP contribution in [0, 0.1) is 0 Å². The third-order valence-corrected chi connectivity index (χ3v) is 2.95. The lowest BCUT2D eigenvalue weighted by atomic mass is 10.00. The van der Waals surface area contributed by atoms with Gasteiger partial charge in [-0.25, -0.2) is 0 Å². The number of rotatable bonds is 3. The van der Waals surface area contributed by atoms with Gasteiger partial charge in [0.25, 0.3) is 0 Å². The molecule has 0 aromatic rings. The fourth-order valence-electron chi connectivity index (χ4n) is 2.04. The standard InChI is InChI=1S/C10H18N2O3/c1-7(9(13)11-2)12-6-4-3-5-8(12)10(14)15/h7-8H,3-6H2,1-2H3,(H,11,13)(H,14,15). The Hall–Kier alpha value is -1.10. The molecule has 0 radical (unpaired) electrons. The zero-order chi connectivity index (χ0) is 11.4. The van der Waals surface area contributed by atoms with Crippen LogP contribution in [0.5, 0.6) is 0 Å². The van der Waals surface area contributed by atoms with Gasteiger partial charge in [-0.1, -0.05) is 6.42 Å². The maximum Gasteiger partial charge on any atom is 0.320 e. The van der Waals surface area contributed by atoms with Crippen LogP contribution in [-0.2, 0) is 9.59 Å². The molecule has 86 valence electrons. The first-order valence-electron chi connectivity index (χ1n) is 5.28. The highest BCUT2D eigenvalue weighted by Crippen LogP contribution is 2.19. The fourth-order valence-corrected chi connectivity index (χ4v) is 2.04. The first kappa shape index (κ1) is 12.0. The summed E-state index contributed by atoms with van der Waals surface area (Å²) in [4.78, 5) is 24.2. The van der Waals surface area contributed by atoms with Gasteiger partial charge in [0.1, 0.15) is 6.04 Å². The summed E-state index contributed by atoms with van der Waals surface area (Å²) >= 11 is 0. The number of likely N-dealkylation sites (tertiary alicyclic amines) is 1. The Morgan fingerprint density at radius 1 is 1.47 bits per heavy atom. The van der Waals surface area contributed by atoms with Crippen LogP contribution >= 0.6 is 0 Å². The fraction of sp³-hybridized carbons (Fsp3) is 0.800. The second kappa shape index (κ2) is 5.11. The summed E-state index contributed by atoms with van der Waals surface area (Å²) in [5.41, 5.74) is 0. The van der Waals surface area contributed by atoms with E-state index in [1.165, 1.54) is 0 Å². The number of amides is 1. The number of nitrogens with one attached hydrogen (secondary N) is 1. The SMILES string of the molecule is CNC(=O)C(C)N1CCCCC1C(=O)O. The zero-order valence-corrected chi connectivity index (χ0v) is 9.19. The minimum atomic E-state index is -0.828. The van der Waals surface area contributed by atoms with Crippen LogP contribution in [0.2, 0.25) is 0 Å². The highest BCUT2D eigenvalue weighted by Gasteiger charge is 2.33. The molecule has 1 amide bonds. The van der Waals surface area contributed by atoms with E-state index >= 15 is 0 Å². The molecule has 0 bridgehead atoms. The van der Waals surface area contributed by atoms with Gasteiger partial charge in [0.2, 0.25) is 5.91 Å². The first-order chi connectivity index (χ1) is 7.07. The lowest BCUT2D eigenvalue weighted by molar-refractivity contribution is -0.147. The highest BCUT2D eigenvalue weighted by atomic mass is 16.4. The molecule has 1 aliphatic heterocycles. The number of carbonyl (C=O) groups is 2. The van der Waals surface area contributed by atoms with E-state index in [9.17, 15) is 9.59 Å². The minimum absolute atomic E-state index is 0.122. The van der Waals surface area contributed by atoms with Crippen LogP contribution in [0.3, 0.4) is 0 Å². The van der Waals surface area contributed by atoms with Crippen molar-refractivity contribution in [1.29, 1.82) is 0 Å². The minimum Gasteiger partial charge on any atom is -0.480 e. The number of hydrogen-bond donors (Lipinski definition) is 2. The average molecular weight is 214 g/mol. The van der Waals surface area contributed by atoms with Crippen molar-refractivity contribution in [3.63, 3.8) is 0 Å². The van der Waals surface area contributed by atoms with E-state index in [4.69, 9.17) is 5.11 Å². The van der Waals surface area contributed by atoms with Gasteiger partial charge in [0.15, 0.2) is 0 Å². The van der Waals surface area contributed by atoms with Gasteiger partial charge in [-0.05, 0) is 26.3 Å². The van der Waals surface area contributed by atoms with Crippen LogP contribution in [0.1, 0.15) is 26.2 Å². The second-order valence-electron chi connectivity index (χ2n) is 3.88. The van der Waals surface area contributed by atoms with Crippen LogP contribution in [0.25, 0.3) is 0 Å². The van der Waals surface area contributed by atoms with E-state index in [0.717, 1.165) is 12.8 Å². The van der Waals surface area contributed by atoms with Crippen LogP contribution < -0.4 is 5.32 Å². The monoisotopic (exact) mass is 214 g/mol. The third kappa shape index (κ3) is 2.68. The van der Waals surface area contributed by atoms with E-state index < -0.39 is 12.0 Å². The van der Waals surface area contributed by atoms with Gasteiger partial charge in [-0.2, -0.15) is 0 Å². The molecule has 1 fully saturated rings. The molecule has 1 aliphatic rings. The lowest BCUT2D eigenvalue weighted by Gasteiger charge is -2.36. The number of aliphatic carboxylic acids is 1. The Balaban J connectivity index is 2.71.